The lowest BCUT2D eigenvalue weighted by Gasteiger charge is -2.14. The van der Waals surface area contributed by atoms with E-state index < -0.39 is 0 Å². The van der Waals surface area contributed by atoms with Gasteiger partial charge in [0.1, 0.15) is 12.4 Å². The van der Waals surface area contributed by atoms with Gasteiger partial charge in [0.05, 0.1) is 18.5 Å². The monoisotopic (exact) mass is 546 g/mol. The van der Waals surface area contributed by atoms with Crippen molar-refractivity contribution < 1.29 is 4.57 Å². The molecule has 0 aromatic carbocycles. The Bertz CT molecular complexity index is 631. The first-order chi connectivity index (χ1) is 19.1. The summed E-state index contributed by atoms with van der Waals surface area (Å²) >= 11 is 0. The molecule has 0 fully saturated rings. The van der Waals surface area contributed by atoms with Crippen molar-refractivity contribution in [2.75, 3.05) is 0 Å². The average Bonchev–Trinajstić information content (AvgIpc) is 3.36. The Hall–Kier alpha value is -0.790. The highest BCUT2D eigenvalue weighted by molar-refractivity contribution is 4.92. The molecule has 0 N–H and O–H groups in total. The van der Waals surface area contributed by atoms with Crippen LogP contribution in [0.25, 0.3) is 0 Å². The van der Waals surface area contributed by atoms with Crippen LogP contribution in [0.15, 0.2) is 12.4 Å². The molecule has 230 valence electrons. The number of aryl methyl sites for hydroxylation is 1. The highest BCUT2D eigenvalue weighted by Gasteiger charge is 2.23. The molecule has 0 bridgehead atoms. The van der Waals surface area contributed by atoms with Crippen LogP contribution in [-0.2, 0) is 6.54 Å². The Kier molecular flexibility index (Phi) is 24.3. The zero-order chi connectivity index (χ0) is 28.4. The van der Waals surface area contributed by atoms with Gasteiger partial charge in [-0.3, -0.25) is 0 Å². The van der Waals surface area contributed by atoms with Gasteiger partial charge in [0.25, 0.3) is 5.82 Å². The van der Waals surface area contributed by atoms with Crippen LogP contribution in [0.4, 0.5) is 0 Å². The molecule has 1 heterocycles. The molecule has 2 heteroatoms. The lowest BCUT2D eigenvalue weighted by atomic mass is 10.0. The standard InChI is InChI=1S/C37H73N2/c1-6-8-10-12-14-16-18-19-20-21-23-25-27-29-31-36(5)39-34-33-38(37(39)35(3)4)32-30-28-26-24-22-17-15-13-11-9-7-2/h33-36H,6-32H2,1-5H3/q+1. The summed E-state index contributed by atoms with van der Waals surface area (Å²) in [6.07, 6.45) is 41.9. The van der Waals surface area contributed by atoms with Crippen molar-refractivity contribution in [3.8, 4) is 0 Å². The molecule has 1 unspecified atom stereocenters. The van der Waals surface area contributed by atoms with Crippen LogP contribution in [0.3, 0.4) is 0 Å². The molecular weight excluding hydrogens is 472 g/mol. The summed E-state index contributed by atoms with van der Waals surface area (Å²) in [4.78, 5) is 0. The summed E-state index contributed by atoms with van der Waals surface area (Å²) in [5.74, 6) is 2.13. The van der Waals surface area contributed by atoms with E-state index in [1.807, 2.05) is 0 Å². The molecule has 1 aromatic rings. The maximum absolute atomic E-state index is 2.60. The summed E-state index contributed by atoms with van der Waals surface area (Å²) in [5.41, 5.74) is 0. The van der Waals surface area contributed by atoms with E-state index in [2.05, 4.69) is 56.1 Å². The Morgan fingerprint density at radius 3 is 1.26 bits per heavy atom. The first-order valence-corrected chi connectivity index (χ1v) is 18.2. The molecule has 0 aliphatic rings. The fraction of sp³-hybridized carbons (Fsp3) is 0.919. The van der Waals surface area contributed by atoms with Gasteiger partial charge >= 0.3 is 0 Å². The van der Waals surface area contributed by atoms with Crippen molar-refractivity contribution in [3.63, 3.8) is 0 Å². The SMILES string of the molecule is CCCCCCCCCCCCCCCCC(C)n1cc[n+](CCCCCCCCCCCCC)c1C(C)C. The molecular formula is C37H73N2+. The van der Waals surface area contributed by atoms with Crippen LogP contribution in [0.1, 0.15) is 219 Å². The Morgan fingerprint density at radius 2 is 0.872 bits per heavy atom. The van der Waals surface area contributed by atoms with Gasteiger partial charge in [-0.25, -0.2) is 9.13 Å². The van der Waals surface area contributed by atoms with Crippen molar-refractivity contribution >= 4 is 0 Å². The molecule has 1 rings (SSSR count). The summed E-state index contributed by atoms with van der Waals surface area (Å²) < 4.78 is 5.17. The molecule has 1 aromatic heterocycles. The predicted molar refractivity (Wildman–Crippen MR) is 175 cm³/mol. The van der Waals surface area contributed by atoms with Crippen LogP contribution in [0.2, 0.25) is 0 Å². The number of aromatic nitrogens is 2. The third-order valence-electron chi connectivity index (χ3n) is 8.94. The van der Waals surface area contributed by atoms with Gasteiger partial charge in [-0.1, -0.05) is 169 Å². The molecule has 1 atom stereocenters. The third-order valence-corrected chi connectivity index (χ3v) is 8.94. The second kappa shape index (κ2) is 26.1. The summed E-state index contributed by atoms with van der Waals surface area (Å²) in [6, 6.07) is 0.623. The highest BCUT2D eigenvalue weighted by Crippen LogP contribution is 2.22. The van der Waals surface area contributed by atoms with Crippen molar-refractivity contribution in [1.29, 1.82) is 0 Å². The van der Waals surface area contributed by atoms with E-state index in [4.69, 9.17) is 0 Å². The van der Waals surface area contributed by atoms with Crippen molar-refractivity contribution in [3.05, 3.63) is 18.2 Å². The van der Waals surface area contributed by atoms with Crippen LogP contribution >= 0.6 is 0 Å². The minimum atomic E-state index is 0.589. The largest absolute Gasteiger partial charge is 0.259 e. The van der Waals surface area contributed by atoms with Crippen LogP contribution < -0.4 is 4.57 Å². The summed E-state index contributed by atoms with van der Waals surface area (Å²) in [7, 11) is 0. The van der Waals surface area contributed by atoms with Gasteiger partial charge in [-0.05, 0) is 32.6 Å². The zero-order valence-electron chi connectivity index (χ0n) is 27.8. The Labute approximate surface area is 247 Å². The van der Waals surface area contributed by atoms with Crippen LogP contribution in [0, 0.1) is 0 Å². The van der Waals surface area contributed by atoms with Crippen molar-refractivity contribution in [1.82, 2.24) is 4.57 Å². The molecule has 2 nitrogen and oxygen atoms in total. The van der Waals surface area contributed by atoms with Gasteiger partial charge in [-0.2, -0.15) is 0 Å². The first kappa shape index (κ1) is 36.2. The van der Waals surface area contributed by atoms with E-state index in [-0.39, 0.29) is 0 Å². The average molecular weight is 546 g/mol. The Balaban J connectivity index is 2.12. The topological polar surface area (TPSA) is 8.81 Å². The molecule has 0 aliphatic heterocycles. The van der Waals surface area contributed by atoms with Gasteiger partial charge < -0.3 is 0 Å². The van der Waals surface area contributed by atoms with Gasteiger partial charge in [0.2, 0.25) is 0 Å². The quantitative estimate of drug-likeness (QED) is 0.0699. The van der Waals surface area contributed by atoms with Gasteiger partial charge in [-0.15, -0.1) is 0 Å². The summed E-state index contributed by atoms with van der Waals surface area (Å²) in [6.45, 7) is 13.0. The normalized spacial score (nSPS) is 12.6. The number of imidazole rings is 1. The number of hydrogen-bond donors (Lipinski definition) is 0. The lowest BCUT2D eigenvalue weighted by molar-refractivity contribution is -0.705. The fourth-order valence-corrected chi connectivity index (χ4v) is 6.36. The molecule has 0 aliphatic carbocycles. The van der Waals surface area contributed by atoms with E-state index in [9.17, 15) is 0 Å². The van der Waals surface area contributed by atoms with E-state index in [1.165, 1.54) is 173 Å². The second-order valence-corrected chi connectivity index (χ2v) is 13.2. The maximum atomic E-state index is 2.60. The molecule has 0 amide bonds. The number of hydrogen-bond acceptors (Lipinski definition) is 0. The smallest absolute Gasteiger partial charge is 0.234 e. The highest BCUT2D eigenvalue weighted by atomic mass is 15.2. The molecule has 0 saturated carbocycles. The number of nitrogens with zero attached hydrogens (tertiary/aromatic N) is 2. The molecule has 39 heavy (non-hydrogen) atoms. The first-order valence-electron chi connectivity index (χ1n) is 18.2. The third kappa shape index (κ3) is 19.0. The van der Waals surface area contributed by atoms with Crippen molar-refractivity contribution in [2.45, 2.75) is 220 Å². The van der Waals surface area contributed by atoms with Crippen LogP contribution in [-0.4, -0.2) is 4.57 Å². The molecule has 0 radical (unpaired) electrons. The van der Waals surface area contributed by atoms with Gasteiger partial charge in [0, 0.05) is 0 Å². The number of unbranched alkanes of at least 4 members (excludes halogenated alkanes) is 23. The Morgan fingerprint density at radius 1 is 0.513 bits per heavy atom. The van der Waals surface area contributed by atoms with E-state index in [0.29, 0.717) is 12.0 Å². The molecule has 0 spiro atoms. The van der Waals surface area contributed by atoms with Crippen molar-refractivity contribution in [2.24, 2.45) is 0 Å². The van der Waals surface area contributed by atoms with Gasteiger partial charge in [0.15, 0.2) is 0 Å². The van der Waals surface area contributed by atoms with E-state index in [1.54, 1.807) is 5.82 Å². The second-order valence-electron chi connectivity index (χ2n) is 13.2. The van der Waals surface area contributed by atoms with E-state index >= 15 is 0 Å². The molecule has 0 saturated heterocycles. The summed E-state index contributed by atoms with van der Waals surface area (Å²) in [5, 5.41) is 0. The zero-order valence-corrected chi connectivity index (χ0v) is 27.8. The maximum Gasteiger partial charge on any atom is 0.259 e. The lowest BCUT2D eigenvalue weighted by Crippen LogP contribution is -2.38. The number of rotatable bonds is 29. The minimum absolute atomic E-state index is 0.589. The fourth-order valence-electron chi connectivity index (χ4n) is 6.36. The van der Waals surface area contributed by atoms with Crippen LogP contribution in [0.5, 0.6) is 0 Å². The predicted octanol–water partition coefficient (Wildman–Crippen LogP) is 12.6. The van der Waals surface area contributed by atoms with E-state index in [0.717, 1.165) is 0 Å². The minimum Gasteiger partial charge on any atom is -0.234 e.